The van der Waals surface area contributed by atoms with Crippen LogP contribution in [-0.4, -0.2) is 4.57 Å². The van der Waals surface area contributed by atoms with Crippen molar-refractivity contribution in [3.05, 3.63) is 180 Å². The molecule has 2 unspecified atom stereocenters. The summed E-state index contributed by atoms with van der Waals surface area (Å²) in [6, 6.07) is 54.4. The highest BCUT2D eigenvalue weighted by atomic mass is 15.0. The van der Waals surface area contributed by atoms with Gasteiger partial charge in [0.1, 0.15) is 0 Å². The van der Waals surface area contributed by atoms with Crippen molar-refractivity contribution in [3.8, 4) is 16.8 Å². The van der Waals surface area contributed by atoms with E-state index in [9.17, 15) is 0 Å². The van der Waals surface area contributed by atoms with Crippen LogP contribution in [0, 0.1) is 0 Å². The summed E-state index contributed by atoms with van der Waals surface area (Å²) in [5.74, 6) is 0.744. The molecular formula is C47H35N. The first-order valence-corrected chi connectivity index (χ1v) is 17.3. The lowest BCUT2D eigenvalue weighted by atomic mass is 9.67. The SMILES string of the molecule is CC1c2ccc(-c3ccc4c(c3)c3ccccc3n4-c3cccc4ccccc34)cc2C2=C(C=CCC2)C1c1ccc2ccccc2c1. The predicted octanol–water partition coefficient (Wildman–Crippen LogP) is 12.8. The normalized spacial score (nSPS) is 17.4. The van der Waals surface area contributed by atoms with E-state index in [0.717, 1.165) is 12.8 Å². The molecule has 8 aromatic rings. The smallest absolute Gasteiger partial charge is 0.0541 e. The number of nitrogens with zero attached hydrogens (tertiary/aromatic N) is 1. The zero-order valence-corrected chi connectivity index (χ0v) is 27.0. The van der Waals surface area contributed by atoms with Crippen LogP contribution >= 0.6 is 0 Å². The molecule has 1 heterocycles. The number of benzene rings is 7. The highest BCUT2D eigenvalue weighted by Gasteiger charge is 2.34. The second-order valence-corrected chi connectivity index (χ2v) is 13.6. The van der Waals surface area contributed by atoms with Gasteiger partial charge in [0, 0.05) is 22.1 Å². The third-order valence-corrected chi connectivity index (χ3v) is 11.1. The molecule has 0 radical (unpaired) electrons. The van der Waals surface area contributed by atoms with Gasteiger partial charge in [0.15, 0.2) is 0 Å². The lowest BCUT2D eigenvalue weighted by Crippen LogP contribution is -2.19. The Labute approximate surface area is 281 Å². The molecule has 228 valence electrons. The largest absolute Gasteiger partial charge is 0.309 e. The molecule has 7 aromatic carbocycles. The number of hydrogen-bond acceptors (Lipinski definition) is 0. The molecule has 1 nitrogen and oxygen atoms in total. The van der Waals surface area contributed by atoms with Crippen LogP contribution in [0.3, 0.4) is 0 Å². The zero-order chi connectivity index (χ0) is 31.8. The Hall–Kier alpha value is -5.66. The van der Waals surface area contributed by atoms with Crippen LogP contribution in [0.5, 0.6) is 0 Å². The molecule has 2 aliphatic rings. The summed E-state index contributed by atoms with van der Waals surface area (Å²) < 4.78 is 2.45. The van der Waals surface area contributed by atoms with Gasteiger partial charge in [-0.1, -0.05) is 134 Å². The van der Waals surface area contributed by atoms with Gasteiger partial charge < -0.3 is 4.57 Å². The predicted molar refractivity (Wildman–Crippen MR) is 204 cm³/mol. The molecule has 48 heavy (non-hydrogen) atoms. The highest BCUT2D eigenvalue weighted by Crippen LogP contribution is 2.52. The zero-order valence-electron chi connectivity index (χ0n) is 27.0. The average molecular weight is 614 g/mol. The van der Waals surface area contributed by atoms with Crippen LogP contribution in [0.25, 0.3) is 65.7 Å². The van der Waals surface area contributed by atoms with Crippen molar-refractivity contribution in [1.82, 2.24) is 4.57 Å². The minimum atomic E-state index is 0.357. The van der Waals surface area contributed by atoms with E-state index in [4.69, 9.17) is 0 Å². The topological polar surface area (TPSA) is 4.93 Å². The molecule has 10 rings (SSSR count). The van der Waals surface area contributed by atoms with Gasteiger partial charge >= 0.3 is 0 Å². The lowest BCUT2D eigenvalue weighted by Gasteiger charge is -2.37. The second kappa shape index (κ2) is 10.7. The van der Waals surface area contributed by atoms with E-state index >= 15 is 0 Å². The van der Waals surface area contributed by atoms with E-state index in [1.165, 1.54) is 88.0 Å². The fraction of sp³-hybridized carbons (Fsp3) is 0.106. The van der Waals surface area contributed by atoms with Crippen molar-refractivity contribution in [2.75, 3.05) is 0 Å². The summed E-state index contributed by atoms with van der Waals surface area (Å²) in [6.07, 6.45) is 7.00. The van der Waals surface area contributed by atoms with Crippen molar-refractivity contribution in [2.45, 2.75) is 31.6 Å². The first-order valence-electron chi connectivity index (χ1n) is 17.3. The molecule has 2 atom stereocenters. The van der Waals surface area contributed by atoms with Gasteiger partial charge in [-0.2, -0.15) is 0 Å². The molecular weight excluding hydrogens is 579 g/mol. The van der Waals surface area contributed by atoms with Gasteiger partial charge in [0.25, 0.3) is 0 Å². The maximum atomic E-state index is 2.49. The van der Waals surface area contributed by atoms with Crippen molar-refractivity contribution in [1.29, 1.82) is 0 Å². The molecule has 0 amide bonds. The van der Waals surface area contributed by atoms with Gasteiger partial charge in [-0.3, -0.25) is 0 Å². The van der Waals surface area contributed by atoms with E-state index < -0.39 is 0 Å². The monoisotopic (exact) mass is 613 g/mol. The fourth-order valence-electron chi connectivity index (χ4n) is 8.79. The third-order valence-electron chi connectivity index (χ3n) is 11.1. The molecule has 1 heteroatoms. The van der Waals surface area contributed by atoms with Gasteiger partial charge in [-0.05, 0) is 104 Å². The highest BCUT2D eigenvalue weighted by molar-refractivity contribution is 6.11. The van der Waals surface area contributed by atoms with Gasteiger partial charge in [0.05, 0.1) is 16.7 Å². The molecule has 0 aliphatic heterocycles. The van der Waals surface area contributed by atoms with Crippen LogP contribution in [0.1, 0.15) is 48.3 Å². The Bertz CT molecular complexity index is 2640. The number of rotatable bonds is 3. The number of hydrogen-bond donors (Lipinski definition) is 0. The minimum absolute atomic E-state index is 0.357. The molecule has 0 saturated heterocycles. The van der Waals surface area contributed by atoms with Gasteiger partial charge in [-0.25, -0.2) is 0 Å². The Morgan fingerprint density at radius 2 is 1.29 bits per heavy atom. The number of aromatic nitrogens is 1. The van der Waals surface area contributed by atoms with E-state index in [1.54, 1.807) is 0 Å². The van der Waals surface area contributed by atoms with Crippen LogP contribution in [-0.2, 0) is 0 Å². The number of allylic oxidation sites excluding steroid dienone is 4. The Morgan fingerprint density at radius 1 is 0.562 bits per heavy atom. The molecule has 0 spiro atoms. The van der Waals surface area contributed by atoms with Crippen LogP contribution in [0.2, 0.25) is 0 Å². The summed E-state index contributed by atoms with van der Waals surface area (Å²) in [5, 5.41) is 7.73. The Morgan fingerprint density at radius 3 is 2.21 bits per heavy atom. The van der Waals surface area contributed by atoms with Crippen molar-refractivity contribution < 1.29 is 0 Å². The molecule has 0 bridgehead atoms. The minimum Gasteiger partial charge on any atom is -0.309 e. The first-order chi connectivity index (χ1) is 23.7. The Kier molecular flexibility index (Phi) is 6.11. The summed E-state index contributed by atoms with van der Waals surface area (Å²) in [6.45, 7) is 2.43. The lowest BCUT2D eigenvalue weighted by molar-refractivity contribution is 0.640. The maximum Gasteiger partial charge on any atom is 0.0541 e. The molecule has 1 aromatic heterocycles. The fourth-order valence-corrected chi connectivity index (χ4v) is 8.79. The van der Waals surface area contributed by atoms with E-state index in [-0.39, 0.29) is 0 Å². The number of para-hydroxylation sites is 1. The van der Waals surface area contributed by atoms with Gasteiger partial charge in [-0.15, -0.1) is 0 Å². The third kappa shape index (κ3) is 4.10. The number of fused-ring (bicyclic) bond motifs is 7. The van der Waals surface area contributed by atoms with E-state index in [1.807, 2.05) is 0 Å². The van der Waals surface area contributed by atoms with E-state index in [0.29, 0.717) is 11.8 Å². The maximum absolute atomic E-state index is 2.49. The molecule has 0 saturated carbocycles. The molecule has 2 aliphatic carbocycles. The van der Waals surface area contributed by atoms with Crippen LogP contribution in [0.15, 0.2) is 163 Å². The standard InChI is InChI=1S/C47H35N/c1-30-37-25-23-34(28-42(37)39-16-6-7-18-41(39)47(30)36-22-21-31-11-2-3-13-33(31)27-36)35-24-26-46-43(29-35)40-17-8-9-19-45(40)48(46)44-20-10-14-32-12-4-5-15-38(32)44/h2-5,7-15,17-30,47H,6,16H2,1H3. The average Bonchev–Trinajstić information content (AvgIpc) is 3.48. The first kappa shape index (κ1) is 27.5. The van der Waals surface area contributed by atoms with Crippen molar-refractivity contribution in [2.24, 2.45) is 0 Å². The van der Waals surface area contributed by atoms with Gasteiger partial charge in [0.2, 0.25) is 0 Å². The Balaban J connectivity index is 1.12. The molecule has 0 fully saturated rings. The summed E-state index contributed by atoms with van der Waals surface area (Å²) in [4.78, 5) is 0. The second-order valence-electron chi connectivity index (χ2n) is 13.6. The van der Waals surface area contributed by atoms with Crippen molar-refractivity contribution in [3.63, 3.8) is 0 Å². The summed E-state index contributed by atoms with van der Waals surface area (Å²) in [5.41, 5.74) is 13.6. The summed E-state index contributed by atoms with van der Waals surface area (Å²) in [7, 11) is 0. The summed E-state index contributed by atoms with van der Waals surface area (Å²) >= 11 is 0. The molecule has 0 N–H and O–H groups in total. The quantitative estimate of drug-likeness (QED) is 0.187. The van der Waals surface area contributed by atoms with Crippen LogP contribution in [0.4, 0.5) is 0 Å². The van der Waals surface area contributed by atoms with Crippen molar-refractivity contribution >= 4 is 48.9 Å². The van der Waals surface area contributed by atoms with Crippen LogP contribution < -0.4 is 0 Å². The van der Waals surface area contributed by atoms with E-state index in [2.05, 4.69) is 169 Å².